The first kappa shape index (κ1) is 50.1. The molecule has 3 saturated carbocycles. The third-order valence-corrected chi connectivity index (χ3v) is 15.4. The lowest BCUT2D eigenvalue weighted by atomic mass is 9.63. The zero-order chi connectivity index (χ0) is 41.1. The van der Waals surface area contributed by atoms with Crippen LogP contribution in [0, 0.1) is 32.5 Å². The lowest BCUT2D eigenvalue weighted by molar-refractivity contribution is -0.138. The first-order valence-electron chi connectivity index (χ1n) is 22.6. The fourth-order valence-electron chi connectivity index (χ4n) is 10.8. The van der Waals surface area contributed by atoms with E-state index in [1.54, 1.807) is 0 Å². The van der Waals surface area contributed by atoms with E-state index in [-0.39, 0.29) is 29.1 Å². The van der Waals surface area contributed by atoms with Gasteiger partial charge in [-0.1, -0.05) is 88.5 Å². The summed E-state index contributed by atoms with van der Waals surface area (Å²) >= 11 is 0. The van der Waals surface area contributed by atoms with Crippen molar-refractivity contribution >= 4 is 34.7 Å². The van der Waals surface area contributed by atoms with Crippen molar-refractivity contribution in [3.8, 4) is 0 Å². The van der Waals surface area contributed by atoms with E-state index in [1.807, 2.05) is 6.92 Å². The monoisotopic (exact) mass is 784 g/mol. The lowest BCUT2D eigenvalue weighted by Gasteiger charge is -2.39. The first-order chi connectivity index (χ1) is 25.7. The van der Waals surface area contributed by atoms with E-state index in [0.717, 1.165) is 122 Å². The fraction of sp³-hybridized carbons (Fsp3) is 0.878. The highest BCUT2D eigenvalue weighted by Crippen LogP contribution is 2.47. The van der Waals surface area contributed by atoms with Gasteiger partial charge < -0.3 is 4.90 Å². The van der Waals surface area contributed by atoms with Crippen molar-refractivity contribution < 1.29 is 28.8 Å². The molecule has 0 radical (unpaired) electrons. The highest BCUT2D eigenvalue weighted by Gasteiger charge is 2.45. The van der Waals surface area contributed by atoms with Gasteiger partial charge in [-0.25, -0.2) is 0 Å². The molecule has 0 N–H and O–H groups in total. The highest BCUT2D eigenvalue weighted by atomic mass is 16.1. The molecule has 56 heavy (non-hydrogen) atoms. The summed E-state index contributed by atoms with van der Waals surface area (Å²) in [5, 5.41) is 0. The summed E-state index contributed by atoms with van der Waals surface area (Å²) in [6.45, 7) is 18.4. The van der Waals surface area contributed by atoms with E-state index in [2.05, 4.69) is 60.4 Å². The Morgan fingerprint density at radius 1 is 0.518 bits per heavy atom. The largest absolute Gasteiger partial charge is 0.305 e. The van der Waals surface area contributed by atoms with Crippen molar-refractivity contribution in [2.24, 2.45) is 32.5 Å². The molecule has 6 unspecified atom stereocenters. The predicted octanol–water partition coefficient (Wildman–Crippen LogP) is 11.8. The van der Waals surface area contributed by atoms with Crippen molar-refractivity contribution in [3.05, 3.63) is 0 Å². The van der Waals surface area contributed by atoms with E-state index < -0.39 is 10.8 Å². The minimum absolute atomic E-state index is 0. The Labute approximate surface area is 343 Å². The number of hydrogen-bond donors (Lipinski definition) is 0. The van der Waals surface area contributed by atoms with Crippen LogP contribution in [0.5, 0.6) is 0 Å². The molecule has 4 aliphatic rings. The number of carbonyl (C=O) groups excluding carboxylic acids is 6. The summed E-state index contributed by atoms with van der Waals surface area (Å²) in [5.41, 5.74) is -2.11. The SMILES string of the molecule is C.CCC1(C)CC(C)(C(=O)CCCC2(C)CCCCCC2=O)CCCCC1=O.CCC1(C)CC(C)(C(=O)CCCC2(C)CN(C)CCCC2=O)CCCCC1=O. The molecular formula is C49H85NO6. The molecule has 1 heterocycles. The van der Waals surface area contributed by atoms with Crippen LogP contribution in [0.1, 0.15) is 223 Å². The molecule has 4 rings (SSSR count). The van der Waals surface area contributed by atoms with Crippen molar-refractivity contribution in [1.29, 1.82) is 0 Å². The first-order valence-corrected chi connectivity index (χ1v) is 22.6. The smallest absolute Gasteiger partial charge is 0.140 e. The Kier molecular flexibility index (Phi) is 19.1. The minimum atomic E-state index is -0.411. The molecular weight excluding hydrogens is 699 g/mol. The molecule has 1 saturated heterocycles. The number of Topliss-reactive ketones (excluding diaryl/α,β-unsaturated/α-hetero) is 6. The van der Waals surface area contributed by atoms with Crippen molar-refractivity contribution in [1.82, 2.24) is 4.90 Å². The Bertz CT molecular complexity index is 1370. The molecule has 0 amide bonds. The van der Waals surface area contributed by atoms with Gasteiger partial charge in [-0.15, -0.1) is 0 Å². The summed E-state index contributed by atoms with van der Waals surface area (Å²) in [5.74, 6) is 2.01. The summed E-state index contributed by atoms with van der Waals surface area (Å²) in [6, 6.07) is 0. The number of likely N-dealkylation sites (tertiary alicyclic amines) is 1. The number of ketones is 6. The van der Waals surface area contributed by atoms with E-state index in [9.17, 15) is 28.8 Å². The van der Waals surface area contributed by atoms with Crippen LogP contribution in [0.3, 0.4) is 0 Å². The van der Waals surface area contributed by atoms with Crippen LogP contribution < -0.4 is 0 Å². The standard InChI is InChI=1S/C24H41NO3.C24H40O3.CH4/c1-6-22(2)17-23(3,14-8-7-11-19(22)26)20(27)12-9-15-24(4)18-25(5)16-10-13-21(24)28;1-5-22(2)18-24(4,16-10-8-13-19(22)25)21(27)14-11-17-23(3)15-9-6-7-12-20(23)26;/h6-18H2,1-5H3;5-18H2,1-4H3;1H4. The summed E-state index contributed by atoms with van der Waals surface area (Å²) < 4.78 is 0. The molecule has 6 atom stereocenters. The molecule has 1 aliphatic heterocycles. The molecule has 0 spiro atoms. The fourth-order valence-corrected chi connectivity index (χ4v) is 10.8. The minimum Gasteiger partial charge on any atom is -0.305 e. The second-order valence-corrected chi connectivity index (χ2v) is 20.5. The maximum atomic E-state index is 13.2. The zero-order valence-electron chi connectivity index (χ0n) is 37.0. The second-order valence-electron chi connectivity index (χ2n) is 20.5. The van der Waals surface area contributed by atoms with Gasteiger partial charge in [-0.05, 0) is 110 Å². The van der Waals surface area contributed by atoms with Gasteiger partial charge in [0.05, 0.1) is 0 Å². The summed E-state index contributed by atoms with van der Waals surface area (Å²) in [4.78, 5) is 79.1. The number of hydrogen-bond acceptors (Lipinski definition) is 7. The summed E-state index contributed by atoms with van der Waals surface area (Å²) in [7, 11) is 2.08. The predicted molar refractivity (Wildman–Crippen MR) is 230 cm³/mol. The van der Waals surface area contributed by atoms with Crippen LogP contribution in [0.15, 0.2) is 0 Å². The number of rotatable bonds is 12. The maximum absolute atomic E-state index is 13.2. The zero-order valence-corrected chi connectivity index (χ0v) is 37.0. The van der Waals surface area contributed by atoms with Gasteiger partial charge in [0.1, 0.15) is 34.7 Å². The molecule has 0 aromatic rings. The maximum Gasteiger partial charge on any atom is 0.140 e. The van der Waals surface area contributed by atoms with Crippen molar-refractivity contribution in [2.75, 3.05) is 20.1 Å². The van der Waals surface area contributed by atoms with Gasteiger partial charge >= 0.3 is 0 Å². The number of nitrogens with zero attached hydrogens (tertiary/aromatic N) is 1. The molecule has 0 bridgehead atoms. The third kappa shape index (κ3) is 13.0. The average Bonchev–Trinajstić information content (AvgIpc) is 3.37. The van der Waals surface area contributed by atoms with Gasteiger partial charge in [-0.3, -0.25) is 28.8 Å². The van der Waals surface area contributed by atoms with E-state index in [0.29, 0.717) is 86.1 Å². The molecule has 4 fully saturated rings. The van der Waals surface area contributed by atoms with Crippen molar-refractivity contribution in [3.63, 3.8) is 0 Å². The van der Waals surface area contributed by atoms with Crippen LogP contribution >= 0.6 is 0 Å². The van der Waals surface area contributed by atoms with E-state index >= 15 is 0 Å². The Morgan fingerprint density at radius 2 is 0.893 bits per heavy atom. The van der Waals surface area contributed by atoms with E-state index in [4.69, 9.17) is 0 Å². The third-order valence-electron chi connectivity index (χ3n) is 15.4. The number of carbonyl (C=O) groups is 6. The quantitative estimate of drug-likeness (QED) is 0.181. The summed E-state index contributed by atoms with van der Waals surface area (Å²) in [6.07, 6.45) is 20.6. The second kappa shape index (κ2) is 21.3. The van der Waals surface area contributed by atoms with Gasteiger partial charge in [0.15, 0.2) is 0 Å². The van der Waals surface area contributed by atoms with Crippen LogP contribution in [-0.4, -0.2) is 59.7 Å². The van der Waals surface area contributed by atoms with Crippen LogP contribution in [0.25, 0.3) is 0 Å². The Hall–Kier alpha value is -2.02. The molecule has 7 nitrogen and oxygen atoms in total. The van der Waals surface area contributed by atoms with Crippen LogP contribution in [0.2, 0.25) is 0 Å². The van der Waals surface area contributed by atoms with Crippen molar-refractivity contribution in [2.45, 2.75) is 223 Å². The molecule has 3 aliphatic carbocycles. The molecule has 7 heteroatoms. The Morgan fingerprint density at radius 3 is 1.36 bits per heavy atom. The molecule has 322 valence electrons. The van der Waals surface area contributed by atoms with Crippen LogP contribution in [-0.2, 0) is 28.8 Å². The van der Waals surface area contributed by atoms with Gasteiger partial charge in [-0.2, -0.15) is 0 Å². The van der Waals surface area contributed by atoms with Crippen LogP contribution in [0.4, 0.5) is 0 Å². The Balaban J connectivity index is 0.000000380. The van der Waals surface area contributed by atoms with E-state index in [1.165, 1.54) is 0 Å². The van der Waals surface area contributed by atoms with Gasteiger partial charge in [0.25, 0.3) is 0 Å². The van der Waals surface area contributed by atoms with Gasteiger partial charge in [0, 0.05) is 77.6 Å². The topological polar surface area (TPSA) is 106 Å². The molecule has 0 aromatic carbocycles. The van der Waals surface area contributed by atoms with Gasteiger partial charge in [0.2, 0.25) is 0 Å². The lowest BCUT2D eigenvalue weighted by Crippen LogP contribution is -2.40. The molecule has 0 aromatic heterocycles. The average molecular weight is 784 g/mol. The normalized spacial score (nSPS) is 35.3. The highest BCUT2D eigenvalue weighted by molar-refractivity contribution is 5.90.